The van der Waals surface area contributed by atoms with Crippen LogP contribution in [-0.4, -0.2) is 66.0 Å². The zero-order valence-corrected chi connectivity index (χ0v) is 17.3. The van der Waals surface area contributed by atoms with Crippen molar-refractivity contribution in [2.75, 3.05) is 32.8 Å². The van der Waals surface area contributed by atoms with Crippen LogP contribution in [0.3, 0.4) is 0 Å². The van der Waals surface area contributed by atoms with Crippen LogP contribution in [-0.2, 0) is 27.4 Å². The van der Waals surface area contributed by atoms with E-state index in [9.17, 15) is 14.4 Å². The standard InChI is InChI=1S/C22H30N4O4/c27-19(7-10-26-20(28)22(24-21(26)29)8-1-2-9-22)23-15-17-3-5-18(6-4-17)16-25-11-13-30-14-12-25/h3-6H,1-2,7-16H2,(H,23,27)(H,24,29). The molecule has 4 amide bonds. The molecule has 3 aliphatic rings. The van der Waals surface area contributed by atoms with Gasteiger partial charge in [-0.3, -0.25) is 19.4 Å². The fourth-order valence-electron chi connectivity index (χ4n) is 4.48. The first-order valence-corrected chi connectivity index (χ1v) is 10.8. The Morgan fingerprint density at radius 3 is 2.43 bits per heavy atom. The minimum atomic E-state index is -0.712. The Kier molecular flexibility index (Phi) is 6.34. The molecule has 8 heteroatoms. The first kappa shape index (κ1) is 20.8. The van der Waals surface area contributed by atoms with Gasteiger partial charge in [-0.2, -0.15) is 0 Å². The van der Waals surface area contributed by atoms with Gasteiger partial charge in [0.25, 0.3) is 5.91 Å². The molecular weight excluding hydrogens is 384 g/mol. The number of urea groups is 1. The van der Waals surface area contributed by atoms with E-state index in [1.54, 1.807) is 0 Å². The van der Waals surface area contributed by atoms with Crippen molar-refractivity contribution < 1.29 is 19.1 Å². The van der Waals surface area contributed by atoms with Crippen LogP contribution in [0.5, 0.6) is 0 Å². The van der Waals surface area contributed by atoms with Gasteiger partial charge in [-0.05, 0) is 24.0 Å². The number of rotatable bonds is 7. The summed E-state index contributed by atoms with van der Waals surface area (Å²) in [6, 6.07) is 7.86. The number of nitrogens with zero attached hydrogens (tertiary/aromatic N) is 2. The highest BCUT2D eigenvalue weighted by molar-refractivity contribution is 6.07. The van der Waals surface area contributed by atoms with E-state index < -0.39 is 5.54 Å². The molecule has 1 aliphatic carbocycles. The molecule has 0 atom stereocenters. The highest BCUT2D eigenvalue weighted by atomic mass is 16.5. The van der Waals surface area contributed by atoms with Gasteiger partial charge in [0.05, 0.1) is 13.2 Å². The Labute approximate surface area is 176 Å². The maximum Gasteiger partial charge on any atom is 0.325 e. The third-order valence-electron chi connectivity index (χ3n) is 6.29. The zero-order chi connectivity index (χ0) is 21.0. The van der Waals surface area contributed by atoms with E-state index in [2.05, 4.69) is 27.7 Å². The summed E-state index contributed by atoms with van der Waals surface area (Å²) in [5.74, 6) is -0.339. The zero-order valence-electron chi connectivity index (χ0n) is 17.3. The van der Waals surface area contributed by atoms with Crippen LogP contribution in [0.1, 0.15) is 43.2 Å². The third-order valence-corrected chi connectivity index (χ3v) is 6.29. The monoisotopic (exact) mass is 414 g/mol. The molecule has 1 saturated carbocycles. The van der Waals surface area contributed by atoms with Gasteiger partial charge in [-0.15, -0.1) is 0 Å². The van der Waals surface area contributed by atoms with E-state index in [1.807, 2.05) is 12.1 Å². The molecule has 1 aromatic carbocycles. The minimum absolute atomic E-state index is 0.115. The number of hydrogen-bond acceptors (Lipinski definition) is 5. The van der Waals surface area contributed by atoms with Gasteiger partial charge in [0.1, 0.15) is 5.54 Å². The number of nitrogens with one attached hydrogen (secondary N) is 2. The van der Waals surface area contributed by atoms with Gasteiger partial charge >= 0.3 is 6.03 Å². The number of amides is 4. The van der Waals surface area contributed by atoms with Crippen LogP contribution < -0.4 is 10.6 Å². The quantitative estimate of drug-likeness (QED) is 0.658. The van der Waals surface area contributed by atoms with Crippen molar-refractivity contribution in [3.63, 3.8) is 0 Å². The van der Waals surface area contributed by atoms with Crippen molar-refractivity contribution in [1.82, 2.24) is 20.4 Å². The first-order valence-electron chi connectivity index (χ1n) is 10.8. The Balaban J connectivity index is 1.20. The molecule has 0 bridgehead atoms. The lowest BCUT2D eigenvalue weighted by Crippen LogP contribution is -2.44. The van der Waals surface area contributed by atoms with Crippen molar-refractivity contribution >= 4 is 17.8 Å². The number of benzene rings is 1. The molecule has 2 aliphatic heterocycles. The lowest BCUT2D eigenvalue weighted by Gasteiger charge is -2.26. The summed E-state index contributed by atoms with van der Waals surface area (Å²) in [5, 5.41) is 5.72. The molecule has 0 radical (unpaired) electrons. The van der Waals surface area contributed by atoms with E-state index in [1.165, 1.54) is 10.5 Å². The summed E-state index contributed by atoms with van der Waals surface area (Å²) in [6.45, 7) is 4.94. The highest BCUT2D eigenvalue weighted by Crippen LogP contribution is 2.35. The van der Waals surface area contributed by atoms with E-state index in [4.69, 9.17) is 4.74 Å². The lowest BCUT2D eigenvalue weighted by atomic mass is 9.98. The smallest absolute Gasteiger partial charge is 0.325 e. The van der Waals surface area contributed by atoms with Gasteiger partial charge in [0.2, 0.25) is 5.91 Å². The van der Waals surface area contributed by atoms with Crippen LogP contribution in [0.25, 0.3) is 0 Å². The largest absolute Gasteiger partial charge is 0.379 e. The second-order valence-corrected chi connectivity index (χ2v) is 8.41. The number of morpholine rings is 1. The second-order valence-electron chi connectivity index (χ2n) is 8.41. The number of carbonyl (C=O) groups is 3. The fourth-order valence-corrected chi connectivity index (χ4v) is 4.48. The van der Waals surface area contributed by atoms with Crippen LogP contribution in [0.2, 0.25) is 0 Å². The lowest BCUT2D eigenvalue weighted by molar-refractivity contribution is -0.131. The fraction of sp³-hybridized carbons (Fsp3) is 0.591. The average Bonchev–Trinajstić information content (AvgIpc) is 3.32. The number of ether oxygens (including phenoxy) is 1. The van der Waals surface area contributed by atoms with Crippen LogP contribution in [0, 0.1) is 0 Å². The summed E-state index contributed by atoms with van der Waals surface area (Å²) in [6.07, 6.45) is 3.41. The summed E-state index contributed by atoms with van der Waals surface area (Å²) in [4.78, 5) is 40.6. The summed E-state index contributed by atoms with van der Waals surface area (Å²) < 4.78 is 5.37. The van der Waals surface area contributed by atoms with Crippen molar-refractivity contribution in [3.8, 4) is 0 Å². The van der Waals surface area contributed by atoms with Gasteiger partial charge in [-0.25, -0.2) is 4.79 Å². The Morgan fingerprint density at radius 1 is 1.07 bits per heavy atom. The van der Waals surface area contributed by atoms with Crippen molar-refractivity contribution in [3.05, 3.63) is 35.4 Å². The van der Waals surface area contributed by atoms with Gasteiger partial charge in [-0.1, -0.05) is 37.1 Å². The number of hydrogen-bond donors (Lipinski definition) is 2. The SMILES string of the molecule is O=C(CCN1C(=O)NC2(CCCC2)C1=O)NCc1ccc(CN2CCOCC2)cc1. The Hall–Kier alpha value is -2.45. The predicted octanol–water partition coefficient (Wildman–Crippen LogP) is 1.39. The molecule has 1 aromatic rings. The van der Waals surface area contributed by atoms with E-state index in [0.29, 0.717) is 19.4 Å². The molecular formula is C22H30N4O4. The Bertz CT molecular complexity index is 783. The van der Waals surface area contributed by atoms with Crippen LogP contribution in [0.15, 0.2) is 24.3 Å². The van der Waals surface area contributed by atoms with Gasteiger partial charge < -0.3 is 15.4 Å². The normalized spacial score (nSPS) is 21.3. The molecule has 1 spiro atoms. The third kappa shape index (κ3) is 4.65. The topological polar surface area (TPSA) is 91.0 Å². The second kappa shape index (κ2) is 9.14. The summed E-state index contributed by atoms with van der Waals surface area (Å²) in [7, 11) is 0. The summed E-state index contributed by atoms with van der Waals surface area (Å²) in [5.41, 5.74) is 1.55. The molecule has 2 saturated heterocycles. The molecule has 2 N–H and O–H groups in total. The molecule has 162 valence electrons. The minimum Gasteiger partial charge on any atom is -0.379 e. The first-order chi connectivity index (χ1) is 14.6. The average molecular weight is 415 g/mol. The number of carbonyl (C=O) groups excluding carboxylic acids is 3. The maximum absolute atomic E-state index is 12.6. The summed E-state index contributed by atoms with van der Waals surface area (Å²) >= 11 is 0. The van der Waals surface area contributed by atoms with E-state index in [0.717, 1.165) is 51.3 Å². The van der Waals surface area contributed by atoms with Crippen molar-refractivity contribution in [1.29, 1.82) is 0 Å². The van der Waals surface area contributed by atoms with Crippen LogP contribution >= 0.6 is 0 Å². The van der Waals surface area contributed by atoms with Gasteiger partial charge in [0.15, 0.2) is 0 Å². The molecule has 4 rings (SSSR count). The van der Waals surface area contributed by atoms with Crippen molar-refractivity contribution in [2.45, 2.75) is 50.7 Å². The van der Waals surface area contributed by atoms with Gasteiger partial charge in [0, 0.05) is 39.1 Å². The van der Waals surface area contributed by atoms with Crippen molar-refractivity contribution in [2.24, 2.45) is 0 Å². The molecule has 0 aromatic heterocycles. The highest BCUT2D eigenvalue weighted by Gasteiger charge is 2.52. The molecule has 3 fully saturated rings. The predicted molar refractivity (Wildman–Crippen MR) is 110 cm³/mol. The number of imide groups is 1. The molecule has 2 heterocycles. The maximum atomic E-state index is 12.6. The van der Waals surface area contributed by atoms with Crippen LogP contribution in [0.4, 0.5) is 4.79 Å². The van der Waals surface area contributed by atoms with E-state index >= 15 is 0 Å². The molecule has 8 nitrogen and oxygen atoms in total. The molecule has 0 unspecified atom stereocenters. The Morgan fingerprint density at radius 2 is 1.73 bits per heavy atom. The molecule has 30 heavy (non-hydrogen) atoms. The van der Waals surface area contributed by atoms with E-state index in [-0.39, 0.29) is 30.8 Å².